The number of aromatic nitrogens is 1. The number of anilines is 1. The van der Waals surface area contributed by atoms with Crippen LogP contribution in [0.25, 0.3) is 10.9 Å². The summed E-state index contributed by atoms with van der Waals surface area (Å²) in [4.78, 5) is 30.8. The zero-order valence-electron chi connectivity index (χ0n) is 29.1. The number of ether oxygens (including phenoxy) is 1. The molecule has 0 N–H and O–H groups in total. The third-order valence-electron chi connectivity index (χ3n) is 8.94. The molecule has 0 amide bonds. The summed E-state index contributed by atoms with van der Waals surface area (Å²) in [5, 5.41) is 2.07. The van der Waals surface area contributed by atoms with Crippen molar-refractivity contribution in [2.45, 2.75) is 84.0 Å². The third-order valence-corrected chi connectivity index (χ3v) is 9.75. The highest BCUT2D eigenvalue weighted by molar-refractivity contribution is 6.43. The SMILES string of the molecule is CC/C=C\C/C=C\C/C=C\CCCCCCCC(=O)n1c(=O)ccc2ccc(OCCCCN3CCN(c4cccc(Cl)c4Cl)CC3)cc21. The van der Waals surface area contributed by atoms with Crippen molar-refractivity contribution in [2.24, 2.45) is 0 Å². The molecule has 2 heterocycles. The standard InChI is InChI=1S/C41H53Cl2N3O3/c1-2-3-4-5-6-7-8-9-10-11-12-13-14-15-16-22-39(47)46-38-33-35(25-23-34(38)24-26-40(46)48)49-32-18-17-27-44-28-30-45(31-29-44)37-21-19-20-36(42)41(37)43/h3-4,6-7,9-10,19-21,23-26,33H,2,5,8,11-18,22,27-32H2,1H3/b4-3-,7-6-,10-9-. The highest BCUT2D eigenvalue weighted by Crippen LogP contribution is 2.33. The summed E-state index contributed by atoms with van der Waals surface area (Å²) in [5.41, 5.74) is 1.34. The lowest BCUT2D eigenvalue weighted by Crippen LogP contribution is -2.46. The van der Waals surface area contributed by atoms with Gasteiger partial charge in [-0.25, -0.2) is 4.57 Å². The van der Waals surface area contributed by atoms with Gasteiger partial charge in [0.1, 0.15) is 5.75 Å². The number of nitrogens with zero attached hydrogens (tertiary/aromatic N) is 3. The Balaban J connectivity index is 1.13. The van der Waals surface area contributed by atoms with E-state index in [0.29, 0.717) is 34.3 Å². The fourth-order valence-electron chi connectivity index (χ4n) is 6.14. The van der Waals surface area contributed by atoms with Gasteiger partial charge < -0.3 is 9.64 Å². The van der Waals surface area contributed by atoms with Crippen molar-refractivity contribution in [3.05, 3.63) is 105 Å². The maximum Gasteiger partial charge on any atom is 0.257 e. The van der Waals surface area contributed by atoms with Gasteiger partial charge in [0.2, 0.25) is 5.91 Å². The van der Waals surface area contributed by atoms with Gasteiger partial charge in [-0.05, 0) is 93.6 Å². The number of hydrogen-bond acceptors (Lipinski definition) is 5. The molecule has 0 unspecified atom stereocenters. The molecule has 0 atom stereocenters. The number of carbonyl (C=O) groups excluding carboxylic acids is 1. The van der Waals surface area contributed by atoms with Crippen LogP contribution >= 0.6 is 23.2 Å². The van der Waals surface area contributed by atoms with Gasteiger partial charge >= 0.3 is 0 Å². The van der Waals surface area contributed by atoms with Crippen molar-refractivity contribution in [1.82, 2.24) is 9.47 Å². The first kappa shape index (κ1) is 38.5. The highest BCUT2D eigenvalue weighted by Gasteiger charge is 2.19. The molecule has 1 aliphatic heterocycles. The van der Waals surface area contributed by atoms with E-state index in [1.165, 1.54) is 10.6 Å². The van der Waals surface area contributed by atoms with Gasteiger partial charge in [-0.2, -0.15) is 0 Å². The summed E-state index contributed by atoms with van der Waals surface area (Å²) in [6.07, 6.45) is 25.0. The van der Waals surface area contributed by atoms with Crippen LogP contribution in [0.3, 0.4) is 0 Å². The van der Waals surface area contributed by atoms with E-state index >= 15 is 0 Å². The van der Waals surface area contributed by atoms with Crippen LogP contribution in [0, 0.1) is 0 Å². The average Bonchev–Trinajstić information content (AvgIpc) is 3.11. The second-order valence-electron chi connectivity index (χ2n) is 12.7. The predicted octanol–water partition coefficient (Wildman–Crippen LogP) is 10.5. The van der Waals surface area contributed by atoms with Crippen LogP contribution in [-0.4, -0.2) is 54.7 Å². The van der Waals surface area contributed by atoms with E-state index in [4.69, 9.17) is 27.9 Å². The second-order valence-corrected chi connectivity index (χ2v) is 13.5. The maximum atomic E-state index is 13.2. The monoisotopic (exact) mass is 705 g/mol. The molecular formula is C41H53Cl2N3O3. The largest absolute Gasteiger partial charge is 0.494 e. The van der Waals surface area contributed by atoms with E-state index in [2.05, 4.69) is 53.2 Å². The zero-order valence-corrected chi connectivity index (χ0v) is 30.6. The van der Waals surface area contributed by atoms with Gasteiger partial charge in [0.15, 0.2) is 0 Å². The molecule has 0 bridgehead atoms. The van der Waals surface area contributed by atoms with Gasteiger partial charge in [0.25, 0.3) is 5.56 Å². The van der Waals surface area contributed by atoms with E-state index in [1.807, 2.05) is 36.4 Å². The van der Waals surface area contributed by atoms with E-state index in [0.717, 1.165) is 114 Å². The molecule has 0 spiro atoms. The summed E-state index contributed by atoms with van der Waals surface area (Å²) in [5.74, 6) is 0.535. The predicted molar refractivity (Wildman–Crippen MR) is 208 cm³/mol. The summed E-state index contributed by atoms with van der Waals surface area (Å²) in [6.45, 7) is 7.54. The minimum absolute atomic E-state index is 0.147. The molecule has 6 nitrogen and oxygen atoms in total. The molecule has 49 heavy (non-hydrogen) atoms. The van der Waals surface area contributed by atoms with E-state index in [9.17, 15) is 9.59 Å². The number of carbonyl (C=O) groups is 1. The van der Waals surface area contributed by atoms with Crippen molar-refractivity contribution in [3.8, 4) is 5.75 Å². The fourth-order valence-corrected chi connectivity index (χ4v) is 6.56. The van der Waals surface area contributed by atoms with Crippen molar-refractivity contribution in [1.29, 1.82) is 0 Å². The van der Waals surface area contributed by atoms with Gasteiger partial charge in [-0.15, -0.1) is 0 Å². The second kappa shape index (κ2) is 21.7. The molecule has 1 fully saturated rings. The molecule has 8 heteroatoms. The van der Waals surface area contributed by atoms with Crippen LogP contribution in [0.5, 0.6) is 5.75 Å². The highest BCUT2D eigenvalue weighted by atomic mass is 35.5. The lowest BCUT2D eigenvalue weighted by atomic mass is 10.1. The number of unbranched alkanes of at least 4 members (excludes halogenated alkanes) is 6. The fraction of sp³-hybridized carbons (Fsp3) is 0.463. The zero-order chi connectivity index (χ0) is 34.7. The Hall–Kier alpha value is -3.32. The number of benzene rings is 2. The Labute approximate surface area is 303 Å². The number of halogens is 2. The summed E-state index contributed by atoms with van der Waals surface area (Å²) >= 11 is 12.6. The number of piperazine rings is 1. The van der Waals surface area contributed by atoms with Crippen molar-refractivity contribution >= 4 is 45.7 Å². The number of pyridine rings is 1. The molecule has 264 valence electrons. The van der Waals surface area contributed by atoms with Crippen LogP contribution in [0.1, 0.15) is 88.8 Å². The van der Waals surface area contributed by atoms with E-state index < -0.39 is 0 Å². The van der Waals surface area contributed by atoms with E-state index in [1.54, 1.807) is 6.07 Å². The third kappa shape index (κ3) is 12.8. The van der Waals surface area contributed by atoms with Crippen LogP contribution in [0.2, 0.25) is 10.0 Å². The molecule has 2 aromatic carbocycles. The summed E-state index contributed by atoms with van der Waals surface area (Å²) in [7, 11) is 0. The molecule has 4 rings (SSSR count). The van der Waals surface area contributed by atoms with Crippen LogP contribution in [0.15, 0.2) is 89.8 Å². The van der Waals surface area contributed by atoms with Crippen LogP contribution < -0.4 is 15.2 Å². The molecular weight excluding hydrogens is 653 g/mol. The number of allylic oxidation sites excluding steroid dienone is 6. The van der Waals surface area contributed by atoms with Crippen molar-refractivity contribution in [2.75, 3.05) is 44.2 Å². The minimum atomic E-state index is -0.286. The Morgan fingerprint density at radius 1 is 0.796 bits per heavy atom. The van der Waals surface area contributed by atoms with Crippen LogP contribution in [0.4, 0.5) is 5.69 Å². The average molecular weight is 707 g/mol. The van der Waals surface area contributed by atoms with Crippen LogP contribution in [-0.2, 0) is 0 Å². The topological polar surface area (TPSA) is 54.8 Å². The number of hydrogen-bond donors (Lipinski definition) is 0. The normalized spacial score (nSPS) is 14.2. The van der Waals surface area contributed by atoms with Crippen molar-refractivity contribution < 1.29 is 9.53 Å². The number of fused-ring (bicyclic) bond motifs is 1. The van der Waals surface area contributed by atoms with Gasteiger partial charge in [-0.1, -0.05) is 91.9 Å². The molecule has 0 radical (unpaired) electrons. The molecule has 0 saturated carbocycles. The smallest absolute Gasteiger partial charge is 0.257 e. The Morgan fingerprint density at radius 3 is 2.31 bits per heavy atom. The van der Waals surface area contributed by atoms with Gasteiger partial charge in [-0.3, -0.25) is 14.5 Å². The first-order valence-electron chi connectivity index (χ1n) is 18.2. The quantitative estimate of drug-likeness (QED) is 0.0865. The molecule has 1 saturated heterocycles. The summed E-state index contributed by atoms with van der Waals surface area (Å²) < 4.78 is 7.41. The first-order chi connectivity index (χ1) is 24.0. The molecule has 1 aliphatic rings. The molecule has 1 aromatic heterocycles. The van der Waals surface area contributed by atoms with E-state index in [-0.39, 0.29) is 11.5 Å². The van der Waals surface area contributed by atoms with Gasteiger partial charge in [0, 0.05) is 44.7 Å². The lowest BCUT2D eigenvalue weighted by molar-refractivity contribution is 0.0900. The first-order valence-corrected chi connectivity index (χ1v) is 18.9. The Bertz CT molecular complexity index is 1610. The Kier molecular flexibility index (Phi) is 17.0. The lowest BCUT2D eigenvalue weighted by Gasteiger charge is -2.36. The number of rotatable bonds is 20. The minimum Gasteiger partial charge on any atom is -0.494 e. The summed E-state index contributed by atoms with van der Waals surface area (Å²) in [6, 6.07) is 14.7. The van der Waals surface area contributed by atoms with Gasteiger partial charge in [0.05, 0.1) is 27.9 Å². The molecule has 3 aromatic rings. The maximum absolute atomic E-state index is 13.2. The Morgan fingerprint density at radius 2 is 1.51 bits per heavy atom. The van der Waals surface area contributed by atoms with Crippen molar-refractivity contribution in [3.63, 3.8) is 0 Å². The molecule has 0 aliphatic carbocycles.